The van der Waals surface area contributed by atoms with Gasteiger partial charge in [0.05, 0.1) is 6.10 Å². The number of aliphatic hydroxyl groups excluding tert-OH is 1. The third-order valence-electron chi connectivity index (χ3n) is 11.8. The van der Waals surface area contributed by atoms with Crippen LogP contribution in [0.2, 0.25) is 0 Å². The third kappa shape index (κ3) is 2.76. The second kappa shape index (κ2) is 6.97. The monoisotopic (exact) mass is 410 g/mol. The van der Waals surface area contributed by atoms with Gasteiger partial charge in [0.25, 0.3) is 0 Å². The zero-order valence-corrected chi connectivity index (χ0v) is 20.5. The van der Waals surface area contributed by atoms with Crippen LogP contribution in [-0.2, 0) is 0 Å². The van der Waals surface area contributed by atoms with E-state index in [4.69, 9.17) is 0 Å². The molecule has 0 aliphatic heterocycles. The third-order valence-corrected chi connectivity index (χ3v) is 11.8. The van der Waals surface area contributed by atoms with Crippen molar-refractivity contribution in [3.8, 4) is 0 Å². The molecule has 0 aromatic carbocycles. The summed E-state index contributed by atoms with van der Waals surface area (Å²) < 4.78 is 0. The van der Waals surface area contributed by atoms with E-state index in [1.165, 1.54) is 38.5 Å². The lowest BCUT2D eigenvalue weighted by molar-refractivity contribution is -0.00685. The molecule has 0 bridgehead atoms. The summed E-state index contributed by atoms with van der Waals surface area (Å²) in [5, 5.41) is 10.3. The zero-order valence-electron chi connectivity index (χ0n) is 20.5. The highest BCUT2D eigenvalue weighted by atomic mass is 16.3. The van der Waals surface area contributed by atoms with E-state index in [9.17, 15) is 5.11 Å². The molecule has 0 aromatic heterocycles. The second-order valence-electron chi connectivity index (χ2n) is 13.1. The fourth-order valence-electron chi connectivity index (χ4n) is 9.88. The fourth-order valence-corrected chi connectivity index (χ4v) is 9.88. The molecule has 5 aliphatic rings. The Hall–Kier alpha value is -0.560. The van der Waals surface area contributed by atoms with Crippen LogP contribution < -0.4 is 0 Å². The molecule has 0 spiro atoms. The number of hydrogen-bond acceptors (Lipinski definition) is 1. The first-order valence-corrected chi connectivity index (χ1v) is 13.2. The minimum atomic E-state index is -0.108. The van der Waals surface area contributed by atoms with Crippen molar-refractivity contribution in [2.75, 3.05) is 0 Å². The van der Waals surface area contributed by atoms with E-state index in [-0.39, 0.29) is 11.5 Å². The summed E-state index contributed by atoms with van der Waals surface area (Å²) in [4.78, 5) is 0. The molecule has 0 heterocycles. The number of fused-ring (bicyclic) bond motifs is 5. The Kier molecular flexibility index (Phi) is 4.95. The highest BCUT2D eigenvalue weighted by Crippen LogP contribution is 2.69. The van der Waals surface area contributed by atoms with Crippen LogP contribution >= 0.6 is 0 Å². The maximum atomic E-state index is 10.3. The average Bonchev–Trinajstić information content (AvgIpc) is 3.20. The van der Waals surface area contributed by atoms with Crippen LogP contribution in [0.5, 0.6) is 0 Å². The van der Waals surface area contributed by atoms with Gasteiger partial charge in [-0.3, -0.25) is 0 Å². The minimum Gasteiger partial charge on any atom is -0.393 e. The summed E-state index contributed by atoms with van der Waals surface area (Å²) in [5.74, 6) is 5.12. The molecular weight excluding hydrogens is 364 g/mol. The van der Waals surface area contributed by atoms with Crippen LogP contribution in [-0.4, -0.2) is 11.2 Å². The minimum absolute atomic E-state index is 0.108. The molecule has 5 rings (SSSR count). The van der Waals surface area contributed by atoms with Gasteiger partial charge in [-0.25, -0.2) is 0 Å². The molecule has 168 valence electrons. The molecule has 0 aromatic rings. The van der Waals surface area contributed by atoms with Gasteiger partial charge in [-0.2, -0.15) is 0 Å². The van der Waals surface area contributed by atoms with Crippen LogP contribution in [0.4, 0.5) is 0 Å². The van der Waals surface area contributed by atoms with Gasteiger partial charge < -0.3 is 5.11 Å². The predicted molar refractivity (Wildman–Crippen MR) is 126 cm³/mol. The molecule has 9 unspecified atom stereocenters. The Balaban J connectivity index is 1.46. The number of hydrogen-bond donors (Lipinski definition) is 1. The van der Waals surface area contributed by atoms with Crippen LogP contribution in [0, 0.1) is 51.8 Å². The Labute approximate surface area is 185 Å². The molecule has 3 fully saturated rings. The molecule has 1 N–H and O–H groups in total. The van der Waals surface area contributed by atoms with Crippen molar-refractivity contribution >= 4 is 0 Å². The van der Waals surface area contributed by atoms with Gasteiger partial charge in [-0.15, -0.1) is 0 Å². The molecular formula is C29H46O. The van der Waals surface area contributed by atoms with Gasteiger partial charge in [0.1, 0.15) is 0 Å². The zero-order chi connectivity index (χ0) is 21.5. The van der Waals surface area contributed by atoms with Gasteiger partial charge in [0.15, 0.2) is 0 Å². The van der Waals surface area contributed by atoms with E-state index in [2.05, 4.69) is 53.7 Å². The number of aliphatic hydroxyl groups is 1. The van der Waals surface area contributed by atoms with Gasteiger partial charge >= 0.3 is 0 Å². The first-order valence-electron chi connectivity index (χ1n) is 13.2. The topological polar surface area (TPSA) is 20.2 Å². The number of rotatable bonds is 2. The first-order chi connectivity index (χ1) is 14.1. The predicted octanol–water partition coefficient (Wildman–Crippen LogP) is 7.55. The van der Waals surface area contributed by atoms with Crippen molar-refractivity contribution in [3.63, 3.8) is 0 Å². The summed E-state index contributed by atoms with van der Waals surface area (Å²) >= 11 is 0. The van der Waals surface area contributed by atoms with E-state index in [0.29, 0.717) is 10.8 Å². The molecule has 0 saturated heterocycles. The van der Waals surface area contributed by atoms with Crippen LogP contribution in [0.3, 0.4) is 0 Å². The highest BCUT2D eigenvalue weighted by Gasteiger charge is 2.61. The maximum Gasteiger partial charge on any atom is 0.0578 e. The van der Waals surface area contributed by atoms with E-state index >= 15 is 0 Å². The number of allylic oxidation sites excluding steroid dienone is 3. The largest absolute Gasteiger partial charge is 0.393 e. The summed E-state index contributed by atoms with van der Waals surface area (Å²) in [6.45, 7) is 15.4. The first kappa shape index (κ1) is 21.3. The van der Waals surface area contributed by atoms with Gasteiger partial charge in [0.2, 0.25) is 0 Å². The SMILES string of the molecule is CC(C)C1CCC(C)(C2CCC3C4CC=C5CC(O)CCC5(C)C4=CCC32C)C1C. The normalized spacial score (nSPS) is 53.1. The van der Waals surface area contributed by atoms with E-state index in [0.717, 1.165) is 54.8 Å². The van der Waals surface area contributed by atoms with Crippen molar-refractivity contribution in [1.29, 1.82) is 0 Å². The van der Waals surface area contributed by atoms with Crippen molar-refractivity contribution < 1.29 is 5.11 Å². The standard InChI is InChI=1S/C29H46O/c1-18(2)22-12-15-27(4,19(22)3)26-10-9-24-23-8-7-20-17-21(30)11-14-28(20,5)25(23)13-16-29(24,26)6/h7,13,18-19,21-24,26,30H,8-12,14-17H2,1-6H3. The van der Waals surface area contributed by atoms with Gasteiger partial charge in [0, 0.05) is 5.41 Å². The maximum absolute atomic E-state index is 10.3. The fraction of sp³-hybridized carbons (Fsp3) is 0.862. The molecule has 3 saturated carbocycles. The quantitative estimate of drug-likeness (QED) is 0.466. The Morgan fingerprint density at radius 3 is 2.43 bits per heavy atom. The average molecular weight is 411 g/mol. The summed E-state index contributed by atoms with van der Waals surface area (Å²) in [7, 11) is 0. The lowest BCUT2D eigenvalue weighted by Gasteiger charge is -2.55. The molecule has 1 nitrogen and oxygen atoms in total. The molecule has 5 aliphatic carbocycles. The van der Waals surface area contributed by atoms with Gasteiger partial charge in [-0.05, 0) is 104 Å². The van der Waals surface area contributed by atoms with E-state index < -0.39 is 0 Å². The Morgan fingerprint density at radius 2 is 1.73 bits per heavy atom. The molecule has 9 atom stereocenters. The van der Waals surface area contributed by atoms with E-state index in [1.807, 2.05) is 0 Å². The Bertz CT molecular complexity index is 760. The van der Waals surface area contributed by atoms with Crippen molar-refractivity contribution in [2.45, 2.75) is 105 Å². The Morgan fingerprint density at radius 1 is 0.967 bits per heavy atom. The molecule has 0 amide bonds. The summed E-state index contributed by atoms with van der Waals surface area (Å²) in [6.07, 6.45) is 16.6. The summed E-state index contributed by atoms with van der Waals surface area (Å²) in [6, 6.07) is 0. The summed E-state index contributed by atoms with van der Waals surface area (Å²) in [5.41, 5.74) is 4.59. The van der Waals surface area contributed by atoms with Crippen molar-refractivity contribution in [1.82, 2.24) is 0 Å². The lowest BCUT2D eigenvalue weighted by Crippen LogP contribution is -2.47. The van der Waals surface area contributed by atoms with Crippen LogP contribution in [0.25, 0.3) is 0 Å². The van der Waals surface area contributed by atoms with Crippen molar-refractivity contribution in [2.24, 2.45) is 51.8 Å². The van der Waals surface area contributed by atoms with E-state index in [1.54, 1.807) is 11.1 Å². The molecule has 0 radical (unpaired) electrons. The lowest BCUT2D eigenvalue weighted by atomic mass is 9.49. The molecule has 1 heteroatoms. The second-order valence-corrected chi connectivity index (χ2v) is 13.1. The molecule has 30 heavy (non-hydrogen) atoms. The van der Waals surface area contributed by atoms with Crippen molar-refractivity contribution in [3.05, 3.63) is 23.3 Å². The van der Waals surface area contributed by atoms with Crippen LogP contribution in [0.15, 0.2) is 23.3 Å². The highest BCUT2D eigenvalue weighted by molar-refractivity contribution is 5.39. The van der Waals surface area contributed by atoms with Crippen LogP contribution in [0.1, 0.15) is 99.3 Å². The van der Waals surface area contributed by atoms with Gasteiger partial charge in [-0.1, -0.05) is 64.8 Å². The smallest absolute Gasteiger partial charge is 0.0578 e.